The minimum Gasteiger partial charge on any atom is -0.475 e. The number of nitrogens with zero attached hydrogens (tertiary/aromatic N) is 1. The second kappa shape index (κ2) is 4.72. The first kappa shape index (κ1) is 13.9. The quantitative estimate of drug-likeness (QED) is 0.858. The van der Waals surface area contributed by atoms with Gasteiger partial charge in [0.15, 0.2) is 0 Å². The molecule has 3 rings (SSSR count). The smallest absolute Gasteiger partial charge is 0.371 e. The highest BCUT2D eigenvalue weighted by Crippen LogP contribution is 2.43. The third kappa shape index (κ3) is 2.14. The van der Waals surface area contributed by atoms with Gasteiger partial charge in [0.2, 0.25) is 17.6 Å². The maximum Gasteiger partial charge on any atom is 0.371 e. The Kier molecular flexibility index (Phi) is 3.11. The van der Waals surface area contributed by atoms with Crippen molar-refractivity contribution in [3.05, 3.63) is 23.2 Å². The van der Waals surface area contributed by atoms with E-state index in [-0.39, 0.29) is 36.0 Å². The lowest BCUT2D eigenvalue weighted by atomic mass is 10.00. The van der Waals surface area contributed by atoms with Gasteiger partial charge in [0, 0.05) is 5.56 Å². The summed E-state index contributed by atoms with van der Waals surface area (Å²) in [4.78, 5) is 36.9. The number of likely N-dealkylation sites (tertiary alicyclic amines) is 1. The molecule has 1 saturated heterocycles. The van der Waals surface area contributed by atoms with Crippen molar-refractivity contribution < 1.29 is 23.9 Å². The molecule has 2 amide bonds. The molecule has 6 heteroatoms. The van der Waals surface area contributed by atoms with E-state index in [9.17, 15) is 14.4 Å². The van der Waals surface area contributed by atoms with Crippen molar-refractivity contribution in [3.63, 3.8) is 0 Å². The van der Waals surface area contributed by atoms with Gasteiger partial charge < -0.3 is 9.52 Å². The third-order valence-electron chi connectivity index (χ3n) is 4.52. The first-order valence-electron chi connectivity index (χ1n) is 7.06. The van der Waals surface area contributed by atoms with Gasteiger partial charge in [0.05, 0.1) is 18.4 Å². The number of hydrogen-bond acceptors (Lipinski definition) is 4. The highest BCUT2D eigenvalue weighted by atomic mass is 16.4. The topological polar surface area (TPSA) is 87.8 Å². The SMILES string of the molecule is Cc1oc(C(=O)O)cc1CN1C(=O)C2CC(C)CC2C1=O. The van der Waals surface area contributed by atoms with E-state index in [1.54, 1.807) is 6.92 Å². The normalized spacial score (nSPS) is 28.3. The molecule has 6 nitrogen and oxygen atoms in total. The van der Waals surface area contributed by atoms with Gasteiger partial charge in [-0.15, -0.1) is 0 Å². The molecular formula is C15H17NO5. The largest absolute Gasteiger partial charge is 0.475 e. The van der Waals surface area contributed by atoms with Gasteiger partial charge in [-0.1, -0.05) is 6.92 Å². The molecule has 2 aliphatic rings. The average molecular weight is 291 g/mol. The van der Waals surface area contributed by atoms with Crippen LogP contribution in [-0.2, 0) is 16.1 Å². The van der Waals surface area contributed by atoms with Gasteiger partial charge >= 0.3 is 5.97 Å². The first-order chi connectivity index (χ1) is 9.88. The van der Waals surface area contributed by atoms with Crippen LogP contribution in [0.2, 0.25) is 0 Å². The lowest BCUT2D eigenvalue weighted by Crippen LogP contribution is -2.31. The summed E-state index contributed by atoms with van der Waals surface area (Å²) in [5.41, 5.74) is 0.571. The van der Waals surface area contributed by atoms with E-state index in [2.05, 4.69) is 6.92 Å². The Labute approximate surface area is 121 Å². The third-order valence-corrected chi connectivity index (χ3v) is 4.52. The lowest BCUT2D eigenvalue weighted by Gasteiger charge is -2.16. The van der Waals surface area contributed by atoms with E-state index >= 15 is 0 Å². The van der Waals surface area contributed by atoms with Gasteiger partial charge in [0.25, 0.3) is 0 Å². The summed E-state index contributed by atoms with van der Waals surface area (Å²) in [6.45, 7) is 3.79. The second-order valence-corrected chi connectivity index (χ2v) is 6.05. The van der Waals surface area contributed by atoms with Crippen molar-refractivity contribution >= 4 is 17.8 Å². The highest BCUT2D eigenvalue weighted by Gasteiger charge is 2.51. The summed E-state index contributed by atoms with van der Waals surface area (Å²) in [7, 11) is 0. The molecule has 2 fully saturated rings. The van der Waals surface area contributed by atoms with Crippen molar-refractivity contribution in [1.82, 2.24) is 4.90 Å². The van der Waals surface area contributed by atoms with Crippen LogP contribution in [0.5, 0.6) is 0 Å². The van der Waals surface area contributed by atoms with Gasteiger partial charge in [-0.2, -0.15) is 0 Å². The van der Waals surface area contributed by atoms with Crippen LogP contribution >= 0.6 is 0 Å². The van der Waals surface area contributed by atoms with E-state index < -0.39 is 5.97 Å². The monoisotopic (exact) mass is 291 g/mol. The average Bonchev–Trinajstić information content (AvgIpc) is 3.03. The molecule has 112 valence electrons. The van der Waals surface area contributed by atoms with Crippen LogP contribution in [0.15, 0.2) is 10.5 Å². The summed E-state index contributed by atoms with van der Waals surface area (Å²) in [5.74, 6) is -1.15. The molecule has 0 spiro atoms. The number of furan rings is 1. The zero-order valence-corrected chi connectivity index (χ0v) is 12.0. The Bertz CT molecular complexity index is 608. The predicted octanol–water partition coefficient (Wildman–Crippen LogP) is 1.82. The maximum atomic E-state index is 12.4. The summed E-state index contributed by atoms with van der Waals surface area (Å²) >= 11 is 0. The van der Waals surface area contributed by atoms with Crippen molar-refractivity contribution in [1.29, 1.82) is 0 Å². The standard InChI is InChI=1S/C15H17NO5/c1-7-3-10-11(4-7)14(18)16(13(10)17)6-9-5-12(15(19)20)21-8(9)2/h5,7,10-11H,3-4,6H2,1-2H3,(H,19,20). The van der Waals surface area contributed by atoms with Gasteiger partial charge in [-0.3, -0.25) is 14.5 Å². The number of hydrogen-bond donors (Lipinski definition) is 1. The van der Waals surface area contributed by atoms with Crippen molar-refractivity contribution in [2.45, 2.75) is 33.2 Å². The van der Waals surface area contributed by atoms with Crippen LogP contribution in [0, 0.1) is 24.7 Å². The first-order valence-corrected chi connectivity index (χ1v) is 7.06. The number of carboxylic acids is 1. The predicted molar refractivity (Wildman–Crippen MR) is 71.3 cm³/mol. The number of carbonyl (C=O) groups is 3. The fourth-order valence-corrected chi connectivity index (χ4v) is 3.45. The zero-order valence-electron chi connectivity index (χ0n) is 12.0. The summed E-state index contributed by atoms with van der Waals surface area (Å²) in [5, 5.41) is 8.91. The van der Waals surface area contributed by atoms with Gasteiger partial charge in [-0.05, 0) is 31.7 Å². The molecule has 1 aromatic heterocycles. The van der Waals surface area contributed by atoms with Crippen LogP contribution in [0.25, 0.3) is 0 Å². The Balaban J connectivity index is 1.81. The van der Waals surface area contributed by atoms with Crippen molar-refractivity contribution in [2.24, 2.45) is 17.8 Å². The van der Waals surface area contributed by atoms with Gasteiger partial charge in [-0.25, -0.2) is 4.79 Å². The molecule has 1 saturated carbocycles. The van der Waals surface area contributed by atoms with E-state index in [4.69, 9.17) is 9.52 Å². The Morgan fingerprint density at radius 2 is 1.90 bits per heavy atom. The number of fused-ring (bicyclic) bond motifs is 1. The maximum absolute atomic E-state index is 12.4. The van der Waals surface area contributed by atoms with Crippen LogP contribution in [0.4, 0.5) is 0 Å². The van der Waals surface area contributed by atoms with Crippen LogP contribution in [0.3, 0.4) is 0 Å². The second-order valence-electron chi connectivity index (χ2n) is 6.05. The van der Waals surface area contributed by atoms with Gasteiger partial charge in [0.1, 0.15) is 5.76 Å². The molecule has 2 unspecified atom stereocenters. The highest BCUT2D eigenvalue weighted by molar-refractivity contribution is 6.05. The number of carbonyl (C=O) groups excluding carboxylic acids is 2. The molecular weight excluding hydrogens is 274 g/mol. The molecule has 1 aliphatic carbocycles. The molecule has 21 heavy (non-hydrogen) atoms. The minimum absolute atomic E-state index is 0.0989. The molecule has 1 aromatic rings. The molecule has 0 aromatic carbocycles. The zero-order chi connectivity index (χ0) is 15.3. The number of carboxylic acid groups (broad SMARTS) is 1. The number of rotatable bonds is 3. The Morgan fingerprint density at radius 3 is 2.38 bits per heavy atom. The van der Waals surface area contributed by atoms with E-state index in [0.29, 0.717) is 17.2 Å². The fraction of sp³-hybridized carbons (Fsp3) is 0.533. The van der Waals surface area contributed by atoms with Crippen LogP contribution in [-0.4, -0.2) is 27.8 Å². The Hall–Kier alpha value is -2.11. The fourth-order valence-electron chi connectivity index (χ4n) is 3.45. The summed E-state index contributed by atoms with van der Waals surface area (Å²) < 4.78 is 5.12. The number of amides is 2. The van der Waals surface area contributed by atoms with E-state index in [0.717, 1.165) is 12.8 Å². The number of aryl methyl sites for hydroxylation is 1. The lowest BCUT2D eigenvalue weighted by molar-refractivity contribution is -0.141. The number of aromatic carboxylic acids is 1. The molecule has 2 atom stereocenters. The summed E-state index contributed by atoms with van der Waals surface area (Å²) in [6, 6.07) is 1.38. The molecule has 1 N–H and O–H groups in total. The number of imide groups is 1. The Morgan fingerprint density at radius 1 is 1.33 bits per heavy atom. The molecule has 0 bridgehead atoms. The van der Waals surface area contributed by atoms with E-state index in [1.165, 1.54) is 11.0 Å². The minimum atomic E-state index is -1.16. The summed E-state index contributed by atoms with van der Waals surface area (Å²) in [6.07, 6.45) is 1.52. The van der Waals surface area contributed by atoms with Crippen LogP contribution in [0.1, 0.15) is 41.6 Å². The molecule has 2 heterocycles. The van der Waals surface area contributed by atoms with E-state index in [1.807, 2.05) is 0 Å². The molecule has 1 aliphatic heterocycles. The van der Waals surface area contributed by atoms with Crippen LogP contribution < -0.4 is 0 Å². The van der Waals surface area contributed by atoms with Crippen molar-refractivity contribution in [2.75, 3.05) is 0 Å². The molecule has 0 radical (unpaired) electrons. The van der Waals surface area contributed by atoms with Crippen molar-refractivity contribution in [3.8, 4) is 0 Å².